The molecule has 0 aromatic heterocycles. The van der Waals surface area contributed by atoms with Crippen LogP contribution in [0.25, 0.3) is 11.1 Å². The van der Waals surface area contributed by atoms with E-state index in [1.807, 2.05) is 19.1 Å². The molecule has 4 rings (SSSR count). The summed E-state index contributed by atoms with van der Waals surface area (Å²) in [5.41, 5.74) is 0.672. The normalized spacial score (nSPS) is 25.3. The van der Waals surface area contributed by atoms with Gasteiger partial charge in [0, 0.05) is 11.8 Å². The van der Waals surface area contributed by atoms with Gasteiger partial charge in [0.1, 0.15) is 5.75 Å². The van der Waals surface area contributed by atoms with Gasteiger partial charge in [0.15, 0.2) is 17.9 Å². The molecule has 0 radical (unpaired) electrons. The first kappa shape index (κ1) is 27.3. The molecular formula is C27H28F6O4. The van der Waals surface area contributed by atoms with E-state index >= 15 is 0 Å². The van der Waals surface area contributed by atoms with Gasteiger partial charge in [-0.2, -0.15) is 8.78 Å². The molecule has 0 atom stereocenters. The van der Waals surface area contributed by atoms with Gasteiger partial charge in [-0.05, 0) is 68.0 Å². The fourth-order valence-electron chi connectivity index (χ4n) is 4.76. The molecule has 0 spiro atoms. The molecule has 2 aliphatic rings. The molecule has 0 N–H and O–H groups in total. The van der Waals surface area contributed by atoms with Gasteiger partial charge in [-0.15, -0.1) is 13.2 Å². The summed E-state index contributed by atoms with van der Waals surface area (Å²) in [5.74, 6) is -2.90. The lowest BCUT2D eigenvalue weighted by Gasteiger charge is -2.38. The van der Waals surface area contributed by atoms with Crippen molar-refractivity contribution >= 4 is 0 Å². The Balaban J connectivity index is 1.31. The molecule has 37 heavy (non-hydrogen) atoms. The van der Waals surface area contributed by atoms with E-state index in [4.69, 9.17) is 14.2 Å². The molecule has 1 aliphatic heterocycles. The smallest absolute Gasteiger partial charge is 0.432 e. The van der Waals surface area contributed by atoms with Crippen LogP contribution in [0.15, 0.2) is 54.6 Å². The van der Waals surface area contributed by atoms with Crippen LogP contribution in [-0.2, 0) is 9.47 Å². The first-order chi connectivity index (χ1) is 17.5. The van der Waals surface area contributed by atoms with Gasteiger partial charge in [-0.1, -0.05) is 30.4 Å². The standard InChI is InChI=1S/C27H28F6O4/c1-2-3-17-15-34-25(35-16-17)19-4-9-21(10-5-19)26(29,30)36-22-11-6-18(7-12-22)20-8-13-24(23(28)14-20)37-27(31,32)33/h2-3,6-8,11-14,17,19,21,25H,4-5,9-10,15-16H2,1H3/b3-2+. The summed E-state index contributed by atoms with van der Waals surface area (Å²) in [6, 6.07) is 8.48. The summed E-state index contributed by atoms with van der Waals surface area (Å²) in [4.78, 5) is 0. The van der Waals surface area contributed by atoms with E-state index in [1.54, 1.807) is 0 Å². The van der Waals surface area contributed by atoms with Gasteiger partial charge in [0.05, 0.1) is 19.1 Å². The van der Waals surface area contributed by atoms with Crippen molar-refractivity contribution in [2.75, 3.05) is 13.2 Å². The highest BCUT2D eigenvalue weighted by atomic mass is 19.4. The van der Waals surface area contributed by atoms with Crippen LogP contribution < -0.4 is 9.47 Å². The van der Waals surface area contributed by atoms with Gasteiger partial charge in [-0.25, -0.2) is 4.39 Å². The number of hydrogen-bond donors (Lipinski definition) is 0. The minimum atomic E-state index is -5.01. The number of hydrogen-bond acceptors (Lipinski definition) is 4. The Labute approximate surface area is 211 Å². The maximum atomic E-state index is 14.9. The highest BCUT2D eigenvalue weighted by Crippen LogP contribution is 2.42. The number of allylic oxidation sites excluding steroid dienone is 1. The fraction of sp³-hybridized carbons (Fsp3) is 0.481. The molecule has 2 fully saturated rings. The molecule has 10 heteroatoms. The summed E-state index contributed by atoms with van der Waals surface area (Å²) in [5, 5.41) is 0. The van der Waals surface area contributed by atoms with Gasteiger partial charge in [0.2, 0.25) is 0 Å². The van der Waals surface area contributed by atoms with Gasteiger partial charge >= 0.3 is 12.5 Å². The maximum Gasteiger partial charge on any atom is 0.573 e. The first-order valence-electron chi connectivity index (χ1n) is 12.1. The van der Waals surface area contributed by atoms with Crippen LogP contribution in [0.4, 0.5) is 26.3 Å². The van der Waals surface area contributed by atoms with Crippen molar-refractivity contribution < 1.29 is 45.3 Å². The molecule has 1 aliphatic carbocycles. The largest absolute Gasteiger partial charge is 0.573 e. The molecular weight excluding hydrogens is 502 g/mol. The average Bonchev–Trinajstić information content (AvgIpc) is 2.86. The van der Waals surface area contributed by atoms with E-state index in [2.05, 4.69) is 4.74 Å². The minimum Gasteiger partial charge on any atom is -0.432 e. The number of halogens is 6. The lowest BCUT2D eigenvalue weighted by molar-refractivity contribution is -0.275. The van der Waals surface area contributed by atoms with E-state index in [0.29, 0.717) is 31.6 Å². The zero-order valence-electron chi connectivity index (χ0n) is 20.1. The number of alkyl halides is 5. The van der Waals surface area contributed by atoms with Crippen LogP contribution in [0.5, 0.6) is 11.5 Å². The van der Waals surface area contributed by atoms with E-state index in [9.17, 15) is 26.3 Å². The van der Waals surface area contributed by atoms with Crippen molar-refractivity contribution in [3.63, 3.8) is 0 Å². The van der Waals surface area contributed by atoms with Crippen LogP contribution in [-0.4, -0.2) is 32.0 Å². The monoisotopic (exact) mass is 530 g/mol. The molecule has 0 unspecified atom stereocenters. The Morgan fingerprint density at radius 3 is 2.03 bits per heavy atom. The molecule has 1 saturated carbocycles. The van der Waals surface area contributed by atoms with Crippen LogP contribution in [0.2, 0.25) is 0 Å². The van der Waals surface area contributed by atoms with Gasteiger partial charge < -0.3 is 18.9 Å². The van der Waals surface area contributed by atoms with Crippen molar-refractivity contribution in [3.05, 3.63) is 60.4 Å². The zero-order chi connectivity index (χ0) is 26.6. The number of rotatable bonds is 7. The average molecular weight is 531 g/mol. The van der Waals surface area contributed by atoms with Crippen molar-refractivity contribution in [2.24, 2.45) is 17.8 Å². The lowest BCUT2D eigenvalue weighted by atomic mass is 9.80. The Morgan fingerprint density at radius 2 is 1.46 bits per heavy atom. The maximum absolute atomic E-state index is 14.9. The van der Waals surface area contributed by atoms with Crippen molar-refractivity contribution in [1.82, 2.24) is 0 Å². The van der Waals surface area contributed by atoms with Gasteiger partial charge in [-0.3, -0.25) is 0 Å². The second-order valence-electron chi connectivity index (χ2n) is 9.31. The topological polar surface area (TPSA) is 36.9 Å². The number of benzene rings is 2. The first-order valence-corrected chi connectivity index (χ1v) is 12.1. The molecule has 2 aromatic rings. The molecule has 0 amide bonds. The molecule has 4 nitrogen and oxygen atoms in total. The zero-order valence-corrected chi connectivity index (χ0v) is 20.1. The van der Waals surface area contributed by atoms with E-state index in [-0.39, 0.29) is 42.3 Å². The molecule has 1 saturated heterocycles. The van der Waals surface area contributed by atoms with Gasteiger partial charge in [0.25, 0.3) is 0 Å². The Kier molecular flexibility index (Phi) is 8.38. The summed E-state index contributed by atoms with van der Waals surface area (Å²) < 4.78 is 101. The second kappa shape index (κ2) is 11.3. The third-order valence-corrected chi connectivity index (χ3v) is 6.64. The highest BCUT2D eigenvalue weighted by Gasteiger charge is 2.45. The molecule has 2 aromatic carbocycles. The Hall–Kier alpha value is -2.72. The predicted octanol–water partition coefficient (Wildman–Crippen LogP) is 7.73. The summed E-state index contributed by atoms with van der Waals surface area (Å²) in [7, 11) is 0. The molecule has 0 bridgehead atoms. The van der Waals surface area contributed by atoms with E-state index in [1.165, 1.54) is 30.3 Å². The summed E-state index contributed by atoms with van der Waals surface area (Å²) in [6.07, 6.45) is -3.18. The van der Waals surface area contributed by atoms with Crippen LogP contribution in [0.3, 0.4) is 0 Å². The predicted molar refractivity (Wildman–Crippen MR) is 124 cm³/mol. The summed E-state index contributed by atoms with van der Waals surface area (Å²) >= 11 is 0. The van der Waals surface area contributed by atoms with Crippen molar-refractivity contribution in [3.8, 4) is 22.6 Å². The number of ether oxygens (including phenoxy) is 4. The third kappa shape index (κ3) is 7.19. The Bertz CT molecular complexity index is 1050. The molecule has 202 valence electrons. The van der Waals surface area contributed by atoms with E-state index < -0.39 is 30.0 Å². The van der Waals surface area contributed by atoms with Crippen LogP contribution in [0.1, 0.15) is 32.6 Å². The second-order valence-corrected chi connectivity index (χ2v) is 9.31. The van der Waals surface area contributed by atoms with Crippen LogP contribution in [0, 0.1) is 23.6 Å². The highest BCUT2D eigenvalue weighted by molar-refractivity contribution is 5.65. The third-order valence-electron chi connectivity index (χ3n) is 6.64. The molecule has 1 heterocycles. The lowest BCUT2D eigenvalue weighted by Crippen LogP contribution is -2.41. The Morgan fingerprint density at radius 1 is 0.838 bits per heavy atom. The fourth-order valence-corrected chi connectivity index (χ4v) is 4.76. The van der Waals surface area contributed by atoms with E-state index in [0.717, 1.165) is 12.1 Å². The quantitative estimate of drug-likeness (QED) is 0.271. The SMILES string of the molecule is C/C=C/C1COC(C2CCC(C(F)(F)Oc3ccc(-c4ccc(OC(F)(F)F)c(F)c4)cc3)CC2)OC1. The summed E-state index contributed by atoms with van der Waals surface area (Å²) in [6.45, 7) is 3.05. The van der Waals surface area contributed by atoms with Crippen molar-refractivity contribution in [1.29, 1.82) is 0 Å². The minimum absolute atomic E-state index is 0.0613. The van der Waals surface area contributed by atoms with Crippen molar-refractivity contribution in [2.45, 2.75) is 51.4 Å². The van der Waals surface area contributed by atoms with Crippen LogP contribution >= 0.6 is 0 Å².